The lowest BCUT2D eigenvalue weighted by Crippen LogP contribution is -2.14. The van der Waals surface area contributed by atoms with Gasteiger partial charge in [-0.3, -0.25) is 0 Å². The minimum Gasteiger partial charge on any atom is -0.508 e. The molecule has 0 spiro atoms. The first kappa shape index (κ1) is 7.13. The lowest BCUT2D eigenvalue weighted by molar-refractivity contribution is 0.470. The SMILES string of the molecule is C[B]c1ccc(O)cc1F. The van der Waals surface area contributed by atoms with E-state index in [1.54, 1.807) is 14.1 Å². The van der Waals surface area contributed by atoms with Gasteiger partial charge < -0.3 is 5.11 Å². The van der Waals surface area contributed by atoms with Crippen molar-refractivity contribution in [3.63, 3.8) is 0 Å². The van der Waals surface area contributed by atoms with Crippen LogP contribution in [0.1, 0.15) is 0 Å². The van der Waals surface area contributed by atoms with E-state index in [1.807, 2.05) is 0 Å². The third kappa shape index (κ3) is 1.29. The van der Waals surface area contributed by atoms with Crippen molar-refractivity contribution in [2.75, 3.05) is 0 Å². The molecule has 0 fully saturated rings. The molecule has 0 bridgehead atoms. The van der Waals surface area contributed by atoms with Gasteiger partial charge in [-0.1, -0.05) is 18.4 Å². The van der Waals surface area contributed by atoms with E-state index in [1.165, 1.54) is 12.1 Å². The van der Waals surface area contributed by atoms with Gasteiger partial charge in [0.25, 0.3) is 0 Å². The van der Waals surface area contributed by atoms with Gasteiger partial charge in [0.2, 0.25) is 0 Å². The number of rotatable bonds is 1. The third-order valence-corrected chi connectivity index (χ3v) is 1.30. The molecule has 0 aliphatic heterocycles. The smallest absolute Gasteiger partial charge is 0.152 e. The summed E-state index contributed by atoms with van der Waals surface area (Å²) >= 11 is 0. The molecule has 1 N–H and O–H groups in total. The number of phenolic OH excluding ortho intramolecular Hbond substituents is 1. The summed E-state index contributed by atoms with van der Waals surface area (Å²) in [5, 5.41) is 8.78. The van der Waals surface area contributed by atoms with Gasteiger partial charge in [0.1, 0.15) is 11.6 Å². The summed E-state index contributed by atoms with van der Waals surface area (Å²) in [7, 11) is 1.65. The van der Waals surface area contributed by atoms with Gasteiger partial charge in [0, 0.05) is 6.07 Å². The Balaban J connectivity index is 3.07. The van der Waals surface area contributed by atoms with Crippen LogP contribution in [0.5, 0.6) is 5.75 Å². The van der Waals surface area contributed by atoms with Crippen molar-refractivity contribution in [1.29, 1.82) is 0 Å². The van der Waals surface area contributed by atoms with Crippen molar-refractivity contribution in [3.05, 3.63) is 24.0 Å². The number of hydrogen-bond donors (Lipinski definition) is 1. The van der Waals surface area contributed by atoms with Crippen molar-refractivity contribution in [2.45, 2.75) is 6.82 Å². The van der Waals surface area contributed by atoms with E-state index in [4.69, 9.17) is 5.11 Å². The fourth-order valence-corrected chi connectivity index (χ4v) is 0.750. The van der Waals surface area contributed by atoms with Gasteiger partial charge in [-0.25, -0.2) is 4.39 Å². The van der Waals surface area contributed by atoms with E-state index in [0.717, 1.165) is 6.07 Å². The number of benzene rings is 1. The zero-order valence-corrected chi connectivity index (χ0v) is 5.63. The quantitative estimate of drug-likeness (QED) is 0.570. The van der Waals surface area contributed by atoms with Gasteiger partial charge in [0.15, 0.2) is 7.28 Å². The topological polar surface area (TPSA) is 20.2 Å². The molecule has 0 aliphatic rings. The summed E-state index contributed by atoms with van der Waals surface area (Å²) < 4.78 is 12.7. The second kappa shape index (κ2) is 2.73. The van der Waals surface area contributed by atoms with Crippen LogP contribution in [0.2, 0.25) is 6.82 Å². The zero-order chi connectivity index (χ0) is 7.56. The summed E-state index contributed by atoms with van der Waals surface area (Å²) in [5.41, 5.74) is 0.512. The zero-order valence-electron chi connectivity index (χ0n) is 5.63. The van der Waals surface area contributed by atoms with Crippen molar-refractivity contribution < 1.29 is 9.50 Å². The lowest BCUT2D eigenvalue weighted by Gasteiger charge is -1.97. The Morgan fingerprint density at radius 2 is 2.20 bits per heavy atom. The van der Waals surface area contributed by atoms with Crippen molar-refractivity contribution in [2.24, 2.45) is 0 Å². The molecule has 1 nitrogen and oxygen atoms in total. The molecule has 3 heteroatoms. The molecule has 10 heavy (non-hydrogen) atoms. The average molecular weight is 137 g/mol. The first-order valence-corrected chi connectivity index (χ1v) is 3.02. The van der Waals surface area contributed by atoms with E-state index < -0.39 is 0 Å². The monoisotopic (exact) mass is 137 g/mol. The van der Waals surface area contributed by atoms with E-state index in [2.05, 4.69) is 0 Å². The molecule has 0 atom stereocenters. The second-order valence-corrected chi connectivity index (χ2v) is 1.99. The van der Waals surface area contributed by atoms with Crippen LogP contribution in [-0.4, -0.2) is 12.4 Å². The highest BCUT2D eigenvalue weighted by molar-refractivity contribution is 6.52. The van der Waals surface area contributed by atoms with Crippen LogP contribution in [-0.2, 0) is 0 Å². The highest BCUT2D eigenvalue weighted by Gasteiger charge is 1.99. The Kier molecular flexibility index (Phi) is 1.95. The molecule has 1 aromatic carbocycles. The molecule has 0 amide bonds. The van der Waals surface area contributed by atoms with E-state index in [0.29, 0.717) is 5.46 Å². The Bertz CT molecular complexity index is 237. The molecule has 0 aliphatic carbocycles. The summed E-state index contributed by atoms with van der Waals surface area (Å²) in [6, 6.07) is 4.08. The van der Waals surface area contributed by atoms with E-state index >= 15 is 0 Å². The van der Waals surface area contributed by atoms with Gasteiger partial charge in [-0.15, -0.1) is 0 Å². The molecule has 1 rings (SSSR count). The molecule has 0 unspecified atom stereocenters. The minimum absolute atomic E-state index is 0.0388. The third-order valence-electron chi connectivity index (χ3n) is 1.30. The van der Waals surface area contributed by atoms with E-state index in [9.17, 15) is 4.39 Å². The summed E-state index contributed by atoms with van der Waals surface area (Å²) in [6.45, 7) is 1.75. The van der Waals surface area contributed by atoms with Gasteiger partial charge in [-0.2, -0.15) is 0 Å². The highest BCUT2D eigenvalue weighted by Crippen LogP contribution is 2.06. The highest BCUT2D eigenvalue weighted by atomic mass is 19.1. The van der Waals surface area contributed by atoms with Gasteiger partial charge >= 0.3 is 0 Å². The maximum Gasteiger partial charge on any atom is 0.152 e. The molecule has 0 saturated carbocycles. The Morgan fingerprint density at radius 3 is 2.70 bits per heavy atom. The summed E-state index contributed by atoms with van der Waals surface area (Å²) in [5.74, 6) is -0.425. The fraction of sp³-hybridized carbons (Fsp3) is 0.143. The molecule has 1 aromatic rings. The van der Waals surface area contributed by atoms with Crippen LogP contribution < -0.4 is 5.46 Å². The average Bonchev–Trinajstić information content (AvgIpc) is 1.88. The maximum absolute atomic E-state index is 12.7. The molecule has 0 saturated heterocycles. The molecular weight excluding hydrogens is 130 g/mol. The van der Waals surface area contributed by atoms with Crippen molar-refractivity contribution in [1.82, 2.24) is 0 Å². The Morgan fingerprint density at radius 1 is 1.50 bits per heavy atom. The van der Waals surface area contributed by atoms with Crippen LogP contribution in [0.3, 0.4) is 0 Å². The minimum atomic E-state index is -0.387. The van der Waals surface area contributed by atoms with Crippen LogP contribution in [0, 0.1) is 5.82 Å². The van der Waals surface area contributed by atoms with Gasteiger partial charge in [0.05, 0.1) is 0 Å². The van der Waals surface area contributed by atoms with Crippen LogP contribution in [0.4, 0.5) is 4.39 Å². The Labute approximate surface area is 59.7 Å². The first-order chi connectivity index (χ1) is 4.74. The Hall–Kier alpha value is -0.985. The first-order valence-electron chi connectivity index (χ1n) is 3.02. The second-order valence-electron chi connectivity index (χ2n) is 1.99. The predicted octanol–water partition coefficient (Wildman–Crippen LogP) is 0.909. The number of halogens is 1. The largest absolute Gasteiger partial charge is 0.508 e. The molecule has 51 valence electrons. The van der Waals surface area contributed by atoms with Crippen molar-refractivity contribution >= 4 is 12.7 Å². The van der Waals surface area contributed by atoms with Gasteiger partial charge in [-0.05, 0) is 6.07 Å². The standard InChI is InChI=1S/C7H7BFO/c1-8-6-3-2-5(10)4-7(6)9/h2-4,10H,1H3. The van der Waals surface area contributed by atoms with Crippen molar-refractivity contribution in [3.8, 4) is 5.75 Å². The van der Waals surface area contributed by atoms with Crippen LogP contribution in [0.15, 0.2) is 18.2 Å². The number of hydrogen-bond acceptors (Lipinski definition) is 1. The van der Waals surface area contributed by atoms with E-state index in [-0.39, 0.29) is 11.6 Å². The summed E-state index contributed by atoms with van der Waals surface area (Å²) in [4.78, 5) is 0. The molecule has 0 heterocycles. The fourth-order valence-electron chi connectivity index (χ4n) is 0.750. The molecule has 0 aromatic heterocycles. The lowest BCUT2D eigenvalue weighted by atomic mass is 9.73. The normalized spacial score (nSPS) is 9.40. The van der Waals surface area contributed by atoms with Crippen LogP contribution >= 0.6 is 0 Å². The summed E-state index contributed by atoms with van der Waals surface area (Å²) in [6.07, 6.45) is 0. The maximum atomic E-state index is 12.7. The number of phenols is 1. The predicted molar refractivity (Wildman–Crippen MR) is 39.3 cm³/mol. The molecular formula is C7H7BFO. The molecule has 1 radical (unpaired) electrons. The van der Waals surface area contributed by atoms with Crippen LogP contribution in [0.25, 0.3) is 0 Å². The number of aromatic hydroxyl groups is 1.